The molecule has 1 aromatic carbocycles. The minimum atomic E-state index is -5.00. The molecule has 0 heterocycles. The molecular weight excluding hydrogens is 356 g/mol. The fourth-order valence-electron chi connectivity index (χ4n) is 2.52. The molecule has 0 bridgehead atoms. The van der Waals surface area contributed by atoms with Gasteiger partial charge in [0.15, 0.2) is 4.90 Å². The van der Waals surface area contributed by atoms with Crippen molar-refractivity contribution < 1.29 is 31.0 Å². The number of rotatable bonds is 10. The van der Waals surface area contributed by atoms with Crippen molar-refractivity contribution in [1.29, 1.82) is 0 Å². The lowest BCUT2D eigenvalue weighted by Gasteiger charge is -2.11. The van der Waals surface area contributed by atoms with Gasteiger partial charge in [0.05, 0.1) is 0 Å². The van der Waals surface area contributed by atoms with Crippen LogP contribution in [0, 0.1) is 0 Å². The van der Waals surface area contributed by atoms with Crippen LogP contribution in [0.3, 0.4) is 0 Å². The van der Waals surface area contributed by atoms with Gasteiger partial charge in [0.1, 0.15) is 10.6 Å². The van der Waals surface area contributed by atoms with E-state index in [1.807, 2.05) is 0 Å². The van der Waals surface area contributed by atoms with E-state index in [-0.39, 0.29) is 5.56 Å². The van der Waals surface area contributed by atoms with Gasteiger partial charge in [-0.05, 0) is 24.5 Å². The highest BCUT2D eigenvalue weighted by atomic mass is 32.2. The number of phenolic OH excluding ortho intramolecular Hbond substituents is 1. The molecule has 9 heteroatoms. The smallest absolute Gasteiger partial charge is 0.299 e. The third-order valence-electron chi connectivity index (χ3n) is 3.76. The lowest BCUT2D eigenvalue weighted by atomic mass is 10.0. The Morgan fingerprint density at radius 1 is 0.833 bits per heavy atom. The molecule has 138 valence electrons. The first kappa shape index (κ1) is 20.9. The molecule has 0 aliphatic heterocycles. The van der Waals surface area contributed by atoms with E-state index in [0.29, 0.717) is 12.8 Å². The minimum Gasteiger partial charge on any atom is -0.506 e. The van der Waals surface area contributed by atoms with Crippen LogP contribution in [0.1, 0.15) is 57.4 Å². The molecular formula is C15H24O7S2. The van der Waals surface area contributed by atoms with Crippen LogP contribution < -0.4 is 0 Å². The van der Waals surface area contributed by atoms with E-state index >= 15 is 0 Å². The highest BCUT2D eigenvalue weighted by Gasteiger charge is 2.29. The van der Waals surface area contributed by atoms with Crippen LogP contribution in [-0.4, -0.2) is 31.0 Å². The van der Waals surface area contributed by atoms with Crippen molar-refractivity contribution in [2.45, 2.75) is 68.1 Å². The molecule has 0 fully saturated rings. The minimum absolute atomic E-state index is 0.212. The summed E-state index contributed by atoms with van der Waals surface area (Å²) in [5.74, 6) is -0.835. The zero-order valence-electron chi connectivity index (χ0n) is 13.6. The zero-order valence-corrected chi connectivity index (χ0v) is 15.2. The van der Waals surface area contributed by atoms with Crippen LogP contribution in [0.25, 0.3) is 0 Å². The van der Waals surface area contributed by atoms with E-state index in [2.05, 4.69) is 6.92 Å². The first-order chi connectivity index (χ1) is 11.1. The number of aryl methyl sites for hydroxylation is 1. The van der Waals surface area contributed by atoms with E-state index in [9.17, 15) is 21.9 Å². The quantitative estimate of drug-likeness (QED) is 0.420. The molecule has 1 aromatic rings. The second-order valence-corrected chi connectivity index (χ2v) is 8.47. The molecule has 0 aliphatic rings. The summed E-state index contributed by atoms with van der Waals surface area (Å²) in [6.07, 6.45) is 7.57. The molecule has 1 rings (SSSR count). The third kappa shape index (κ3) is 6.04. The Labute approximate surface area is 143 Å². The van der Waals surface area contributed by atoms with Crippen molar-refractivity contribution in [1.82, 2.24) is 0 Å². The molecule has 0 saturated carbocycles. The monoisotopic (exact) mass is 380 g/mol. The van der Waals surface area contributed by atoms with Crippen molar-refractivity contribution in [3.63, 3.8) is 0 Å². The molecule has 24 heavy (non-hydrogen) atoms. The molecule has 3 N–H and O–H groups in total. The molecule has 0 aliphatic carbocycles. The van der Waals surface area contributed by atoms with Crippen molar-refractivity contribution in [2.24, 2.45) is 0 Å². The van der Waals surface area contributed by atoms with E-state index in [1.54, 1.807) is 0 Å². The Morgan fingerprint density at radius 3 is 1.88 bits per heavy atom. The standard InChI is InChI=1S/C15H24O7S2/c1-2-3-4-5-6-7-8-9-12-10-11-13(23(17,18)19)15(14(12)16)24(20,21)22/h10-11,16H,2-9H2,1H3,(H,17,18,19)(H,20,21,22). The van der Waals surface area contributed by atoms with Gasteiger partial charge >= 0.3 is 0 Å². The first-order valence-electron chi connectivity index (χ1n) is 7.89. The van der Waals surface area contributed by atoms with Crippen molar-refractivity contribution in [3.8, 4) is 5.75 Å². The largest absolute Gasteiger partial charge is 0.506 e. The van der Waals surface area contributed by atoms with Gasteiger partial charge in [-0.25, -0.2) is 0 Å². The lowest BCUT2D eigenvalue weighted by Crippen LogP contribution is -2.10. The Kier molecular flexibility index (Phi) is 7.65. The molecule has 0 amide bonds. The van der Waals surface area contributed by atoms with Crippen molar-refractivity contribution in [2.75, 3.05) is 0 Å². The van der Waals surface area contributed by atoms with Crippen molar-refractivity contribution in [3.05, 3.63) is 17.7 Å². The SMILES string of the molecule is CCCCCCCCCc1ccc(S(=O)(=O)O)c(S(=O)(=O)O)c1O. The molecule has 7 nitrogen and oxygen atoms in total. The number of phenols is 1. The van der Waals surface area contributed by atoms with Crippen LogP contribution in [0.5, 0.6) is 5.75 Å². The van der Waals surface area contributed by atoms with E-state index in [4.69, 9.17) is 9.11 Å². The maximum absolute atomic E-state index is 11.4. The van der Waals surface area contributed by atoms with Gasteiger partial charge in [-0.1, -0.05) is 51.5 Å². The normalized spacial score (nSPS) is 12.5. The van der Waals surface area contributed by atoms with Crippen LogP contribution in [0.2, 0.25) is 0 Å². The van der Waals surface area contributed by atoms with E-state index in [0.717, 1.165) is 38.2 Å². The Hall–Kier alpha value is -1.16. The Morgan fingerprint density at radius 2 is 1.38 bits per heavy atom. The van der Waals surface area contributed by atoms with Crippen LogP contribution in [0.4, 0.5) is 0 Å². The average molecular weight is 380 g/mol. The fourth-order valence-corrected chi connectivity index (χ4v) is 4.42. The third-order valence-corrected chi connectivity index (χ3v) is 5.72. The van der Waals surface area contributed by atoms with Gasteiger partial charge in [-0.15, -0.1) is 0 Å². The summed E-state index contributed by atoms with van der Waals surface area (Å²) in [5.41, 5.74) is 0.212. The number of hydrogen-bond donors (Lipinski definition) is 3. The van der Waals surface area contributed by atoms with Gasteiger partial charge in [0.25, 0.3) is 20.2 Å². The van der Waals surface area contributed by atoms with Gasteiger partial charge < -0.3 is 5.11 Å². The van der Waals surface area contributed by atoms with Gasteiger partial charge in [-0.2, -0.15) is 16.8 Å². The predicted molar refractivity (Wildman–Crippen MR) is 89.4 cm³/mol. The van der Waals surface area contributed by atoms with E-state index in [1.165, 1.54) is 12.5 Å². The number of aromatic hydroxyl groups is 1. The fraction of sp³-hybridized carbons (Fsp3) is 0.600. The van der Waals surface area contributed by atoms with Crippen molar-refractivity contribution >= 4 is 20.2 Å². The maximum atomic E-state index is 11.4. The number of hydrogen-bond acceptors (Lipinski definition) is 5. The Balaban J connectivity index is 2.88. The molecule has 0 radical (unpaired) electrons. The summed E-state index contributed by atoms with van der Waals surface area (Å²) in [4.78, 5) is -2.21. The molecule has 0 unspecified atom stereocenters. The Bertz CT molecular complexity index is 752. The van der Waals surface area contributed by atoms with Gasteiger partial charge in [-0.3, -0.25) is 9.11 Å². The lowest BCUT2D eigenvalue weighted by molar-refractivity contribution is 0.425. The van der Waals surface area contributed by atoms with Gasteiger partial charge in [0, 0.05) is 0 Å². The molecule has 0 saturated heterocycles. The summed E-state index contributed by atoms with van der Waals surface area (Å²) in [6.45, 7) is 2.13. The first-order valence-corrected chi connectivity index (χ1v) is 10.8. The topological polar surface area (TPSA) is 129 Å². The molecule has 0 aromatic heterocycles. The van der Waals surface area contributed by atoms with Crippen LogP contribution in [0.15, 0.2) is 21.9 Å². The average Bonchev–Trinajstić information content (AvgIpc) is 2.45. The molecule has 0 spiro atoms. The number of benzene rings is 1. The summed E-state index contributed by atoms with van der Waals surface area (Å²) in [6, 6.07) is 2.11. The predicted octanol–water partition coefficient (Wildman–Crippen LogP) is 3.18. The highest BCUT2D eigenvalue weighted by Crippen LogP contribution is 2.34. The molecule has 0 atom stereocenters. The highest BCUT2D eigenvalue weighted by molar-refractivity contribution is 7.89. The summed E-state index contributed by atoms with van der Waals surface area (Å²) >= 11 is 0. The summed E-state index contributed by atoms with van der Waals surface area (Å²) < 4.78 is 63.4. The summed E-state index contributed by atoms with van der Waals surface area (Å²) in [5, 5.41) is 10.0. The maximum Gasteiger partial charge on any atom is 0.299 e. The van der Waals surface area contributed by atoms with Crippen LogP contribution >= 0.6 is 0 Å². The van der Waals surface area contributed by atoms with Crippen LogP contribution in [-0.2, 0) is 26.7 Å². The van der Waals surface area contributed by atoms with E-state index < -0.39 is 35.8 Å². The second-order valence-electron chi connectivity index (χ2n) is 5.72. The van der Waals surface area contributed by atoms with Gasteiger partial charge in [0.2, 0.25) is 0 Å². The number of unbranched alkanes of at least 4 members (excludes halogenated alkanes) is 6. The second kappa shape index (κ2) is 8.80. The zero-order chi connectivity index (χ0) is 18.4. The summed E-state index contributed by atoms with van der Waals surface area (Å²) in [7, 11) is -9.90.